The van der Waals surface area contributed by atoms with Crippen LogP contribution in [0.25, 0.3) is 0 Å². The second kappa shape index (κ2) is 7.62. The number of hydrogen-bond acceptors (Lipinski definition) is 7. The lowest BCUT2D eigenvalue weighted by Crippen LogP contribution is -2.41. The summed E-state index contributed by atoms with van der Waals surface area (Å²) >= 11 is 0. The molecule has 0 amide bonds. The van der Waals surface area contributed by atoms with Gasteiger partial charge in [-0.1, -0.05) is 12.1 Å². The summed E-state index contributed by atoms with van der Waals surface area (Å²) in [5.74, 6) is -3.16. The van der Waals surface area contributed by atoms with Gasteiger partial charge in [0.15, 0.2) is 0 Å². The van der Waals surface area contributed by atoms with Crippen LogP contribution in [-0.4, -0.2) is 46.0 Å². The minimum absolute atomic E-state index is 0.00176. The zero-order chi connectivity index (χ0) is 20.5. The Labute approximate surface area is 155 Å². The van der Waals surface area contributed by atoms with Gasteiger partial charge in [0.1, 0.15) is 0 Å². The highest BCUT2D eigenvalue weighted by Gasteiger charge is 2.41. The molecule has 0 fully saturated rings. The molecule has 0 radical (unpaired) electrons. The van der Waals surface area contributed by atoms with Gasteiger partial charge >= 0.3 is 19.0 Å². The molecule has 10 heteroatoms. The van der Waals surface area contributed by atoms with Gasteiger partial charge < -0.3 is 19.7 Å². The number of aliphatic carboxylic acids is 1. The van der Waals surface area contributed by atoms with E-state index in [2.05, 4.69) is 0 Å². The fourth-order valence-electron chi connectivity index (χ4n) is 3.44. The Morgan fingerprint density at radius 3 is 2.33 bits per heavy atom. The second-order valence-electron chi connectivity index (χ2n) is 6.08. The van der Waals surface area contributed by atoms with Crippen molar-refractivity contribution in [1.29, 1.82) is 0 Å². The first kappa shape index (κ1) is 20.2. The maximum absolute atomic E-state index is 12.5. The molecule has 1 heterocycles. The van der Waals surface area contributed by atoms with E-state index >= 15 is 0 Å². The Kier molecular flexibility index (Phi) is 5.70. The fourth-order valence-corrected chi connectivity index (χ4v) is 3.44. The van der Waals surface area contributed by atoms with Crippen LogP contribution in [0.1, 0.15) is 25.3 Å². The molecule has 2 N–H and O–H groups in total. The average molecular weight is 374 g/mol. The van der Waals surface area contributed by atoms with E-state index in [1.165, 1.54) is 42.8 Å². The number of benzene rings is 1. The number of carboxylic acid groups (broad SMARTS) is 1. The standard InChI is InChI=1S/C17H19BN2O7/c1-9-13(16(21)22)15(11-6-5-7-12(8-11)20(25)26)14(17(23)27-4)10(2)19(9)18(3)24/h5-8,15,24H,1-4H3,(H,21,22). The monoisotopic (exact) mass is 374 g/mol. The summed E-state index contributed by atoms with van der Waals surface area (Å²) in [5, 5.41) is 31.0. The first-order chi connectivity index (χ1) is 12.6. The molecule has 1 aliphatic rings. The lowest BCUT2D eigenvalue weighted by atomic mass is 9.74. The van der Waals surface area contributed by atoms with Crippen molar-refractivity contribution in [2.75, 3.05) is 7.11 Å². The summed E-state index contributed by atoms with van der Waals surface area (Å²) in [6.07, 6.45) is 0. The molecule has 1 aromatic rings. The van der Waals surface area contributed by atoms with Crippen LogP contribution in [0.3, 0.4) is 0 Å². The highest BCUT2D eigenvalue weighted by atomic mass is 16.6. The van der Waals surface area contributed by atoms with E-state index in [9.17, 15) is 29.8 Å². The molecule has 27 heavy (non-hydrogen) atoms. The molecular weight excluding hydrogens is 355 g/mol. The SMILES string of the molecule is COC(=O)C1=C(C)N(B(C)O)C(C)=C(C(=O)O)C1c1cccc([N+](=O)[O-])c1. The highest BCUT2D eigenvalue weighted by molar-refractivity contribution is 6.46. The summed E-state index contributed by atoms with van der Waals surface area (Å²) in [6, 6.07) is 5.45. The van der Waals surface area contributed by atoms with Crippen molar-refractivity contribution in [1.82, 2.24) is 4.81 Å². The Bertz CT molecular complexity index is 876. The Morgan fingerprint density at radius 2 is 1.85 bits per heavy atom. The van der Waals surface area contributed by atoms with E-state index in [1.54, 1.807) is 6.92 Å². The lowest BCUT2D eigenvalue weighted by Gasteiger charge is -2.38. The van der Waals surface area contributed by atoms with Crippen molar-refractivity contribution < 1.29 is 29.4 Å². The molecule has 1 aromatic carbocycles. The van der Waals surface area contributed by atoms with Crippen molar-refractivity contribution in [2.45, 2.75) is 26.6 Å². The van der Waals surface area contributed by atoms with Crippen LogP contribution in [0.4, 0.5) is 5.69 Å². The topological polar surface area (TPSA) is 130 Å². The summed E-state index contributed by atoms with van der Waals surface area (Å²) in [7, 11) is 0.0657. The molecule has 1 atom stereocenters. The Hall–Kier alpha value is -3.14. The third-order valence-electron chi connectivity index (χ3n) is 4.50. The van der Waals surface area contributed by atoms with E-state index in [-0.39, 0.29) is 28.1 Å². The van der Waals surface area contributed by atoms with Gasteiger partial charge in [-0.05, 0) is 26.2 Å². The second-order valence-corrected chi connectivity index (χ2v) is 6.08. The van der Waals surface area contributed by atoms with E-state index in [1.807, 2.05) is 0 Å². The van der Waals surface area contributed by atoms with Crippen molar-refractivity contribution in [2.24, 2.45) is 0 Å². The predicted molar refractivity (Wildman–Crippen MR) is 96.6 cm³/mol. The summed E-state index contributed by atoms with van der Waals surface area (Å²) in [4.78, 5) is 36.4. The van der Waals surface area contributed by atoms with E-state index in [0.717, 1.165) is 7.11 Å². The number of carbonyl (C=O) groups excluding carboxylic acids is 1. The molecule has 0 saturated heterocycles. The third-order valence-corrected chi connectivity index (χ3v) is 4.50. The number of nitrogens with zero attached hydrogens (tertiary/aromatic N) is 2. The quantitative estimate of drug-likeness (QED) is 0.346. The van der Waals surface area contributed by atoms with Crippen molar-refractivity contribution in [3.8, 4) is 0 Å². The molecule has 0 saturated carbocycles. The molecule has 142 valence electrons. The van der Waals surface area contributed by atoms with Gasteiger partial charge in [0, 0.05) is 23.5 Å². The van der Waals surface area contributed by atoms with Gasteiger partial charge in [0.2, 0.25) is 0 Å². The minimum Gasteiger partial charge on any atom is -0.478 e. The summed E-state index contributed by atoms with van der Waals surface area (Å²) in [6.45, 7) is 4.51. The van der Waals surface area contributed by atoms with Gasteiger partial charge in [-0.2, -0.15) is 0 Å². The highest BCUT2D eigenvalue weighted by Crippen LogP contribution is 2.43. The van der Waals surface area contributed by atoms with Crippen LogP contribution in [0.15, 0.2) is 46.8 Å². The predicted octanol–water partition coefficient (Wildman–Crippen LogP) is 1.91. The average Bonchev–Trinajstić information content (AvgIpc) is 2.59. The lowest BCUT2D eigenvalue weighted by molar-refractivity contribution is -0.384. The van der Waals surface area contributed by atoms with E-state index < -0.39 is 29.8 Å². The number of esters is 1. The smallest absolute Gasteiger partial charge is 0.413 e. The minimum atomic E-state index is -1.30. The summed E-state index contributed by atoms with van der Waals surface area (Å²) in [5.41, 5.74) is 0.431. The van der Waals surface area contributed by atoms with Crippen LogP contribution < -0.4 is 0 Å². The normalized spacial score (nSPS) is 17.1. The molecule has 0 bridgehead atoms. The van der Waals surface area contributed by atoms with E-state index in [4.69, 9.17) is 4.74 Å². The number of carboxylic acids is 1. The number of nitro groups is 1. The fraction of sp³-hybridized carbons (Fsp3) is 0.294. The van der Waals surface area contributed by atoms with Crippen LogP contribution in [0.2, 0.25) is 6.82 Å². The number of rotatable bonds is 5. The number of carbonyl (C=O) groups is 2. The van der Waals surface area contributed by atoms with Crippen LogP contribution in [-0.2, 0) is 14.3 Å². The van der Waals surface area contributed by atoms with Gasteiger partial charge in [0.05, 0.1) is 29.1 Å². The molecular formula is C17H19BN2O7. The number of ether oxygens (including phenoxy) is 1. The molecule has 1 unspecified atom stereocenters. The van der Waals surface area contributed by atoms with Gasteiger partial charge in [-0.15, -0.1) is 0 Å². The molecule has 9 nitrogen and oxygen atoms in total. The number of nitro benzene ring substituents is 1. The number of non-ortho nitro benzene ring substituents is 1. The van der Waals surface area contributed by atoms with Gasteiger partial charge in [-0.3, -0.25) is 10.1 Å². The van der Waals surface area contributed by atoms with Crippen LogP contribution in [0.5, 0.6) is 0 Å². The first-order valence-corrected chi connectivity index (χ1v) is 8.06. The van der Waals surface area contributed by atoms with Gasteiger partial charge in [-0.25, -0.2) is 9.59 Å². The van der Waals surface area contributed by atoms with Crippen LogP contribution in [0, 0.1) is 10.1 Å². The molecule has 1 aliphatic heterocycles. The number of methoxy groups -OCH3 is 1. The van der Waals surface area contributed by atoms with Crippen molar-refractivity contribution in [3.05, 3.63) is 62.5 Å². The Balaban J connectivity index is 2.84. The number of allylic oxidation sites excluding steroid dienone is 2. The van der Waals surface area contributed by atoms with Crippen LogP contribution >= 0.6 is 0 Å². The molecule has 0 aliphatic carbocycles. The van der Waals surface area contributed by atoms with Gasteiger partial charge in [0.25, 0.3) is 5.69 Å². The third kappa shape index (κ3) is 3.56. The summed E-state index contributed by atoms with van der Waals surface area (Å²) < 4.78 is 4.83. The largest absolute Gasteiger partial charge is 0.478 e. The maximum atomic E-state index is 12.5. The Morgan fingerprint density at radius 1 is 1.26 bits per heavy atom. The molecule has 2 rings (SSSR count). The first-order valence-electron chi connectivity index (χ1n) is 8.06. The van der Waals surface area contributed by atoms with Crippen molar-refractivity contribution >= 4 is 24.7 Å². The van der Waals surface area contributed by atoms with Crippen molar-refractivity contribution in [3.63, 3.8) is 0 Å². The molecule has 0 aromatic heterocycles. The number of hydrogen-bond donors (Lipinski definition) is 2. The molecule has 0 spiro atoms. The zero-order valence-electron chi connectivity index (χ0n) is 15.3. The zero-order valence-corrected chi connectivity index (χ0v) is 15.3. The maximum Gasteiger partial charge on any atom is 0.413 e. The van der Waals surface area contributed by atoms with E-state index in [0.29, 0.717) is 5.70 Å².